The van der Waals surface area contributed by atoms with E-state index in [2.05, 4.69) is 87.5 Å². The molecule has 0 saturated carbocycles. The Hall–Kier alpha value is -4.54. The molecule has 2 amide bonds. The monoisotopic (exact) mass is 725 g/mol. The molecule has 0 radical (unpaired) electrons. The van der Waals surface area contributed by atoms with E-state index >= 15 is 0 Å². The standard InChI is InChI=1S/C44H48BNO6Si/c1-44(2,3)53(35-19-10-6-11-20-35,36-21-12-7-13-22-36)51-29-33-27-37-41(43(49)46(4)42(37)48)38-28-45(50)52-39(40(33)38)24-23-32(31-16-8-5-9-17-31)25-30-15-14-18-34(47)26-30/h5-22,25-26,37-39,41,47,50H,23-24,27-29H2,1-4H3/b32-25-/t37-,38+,39-,41-/m1/s1. The molecule has 1 aliphatic carbocycles. The number of phenols is 1. The fraction of sp³-hybridized carbons (Fsp3) is 0.318. The van der Waals surface area contributed by atoms with E-state index in [0.29, 0.717) is 19.3 Å². The number of amides is 2. The van der Waals surface area contributed by atoms with Gasteiger partial charge in [-0.15, -0.1) is 0 Å². The predicted octanol–water partition coefficient (Wildman–Crippen LogP) is 6.72. The van der Waals surface area contributed by atoms with Crippen LogP contribution in [0.1, 0.15) is 51.2 Å². The summed E-state index contributed by atoms with van der Waals surface area (Å²) in [6, 6.07) is 38.3. The number of fused-ring (bicyclic) bond motifs is 3. The summed E-state index contributed by atoms with van der Waals surface area (Å²) < 4.78 is 13.9. The van der Waals surface area contributed by atoms with Crippen molar-refractivity contribution in [3.05, 3.63) is 138 Å². The number of nitrogens with zero attached hydrogens (tertiary/aromatic N) is 1. The number of likely N-dealkylation sites (tertiary alicyclic amines) is 1. The molecule has 0 unspecified atom stereocenters. The number of allylic oxidation sites excluding steroid dienone is 1. The summed E-state index contributed by atoms with van der Waals surface area (Å²) in [7, 11) is -2.45. The molecular formula is C44H48BNO6Si. The van der Waals surface area contributed by atoms with Crippen LogP contribution in [0.2, 0.25) is 11.4 Å². The molecule has 53 heavy (non-hydrogen) atoms. The van der Waals surface area contributed by atoms with Gasteiger partial charge in [-0.2, -0.15) is 0 Å². The highest BCUT2D eigenvalue weighted by atomic mass is 28.4. The zero-order valence-corrected chi connectivity index (χ0v) is 31.9. The normalized spacial score (nSPS) is 22.2. The van der Waals surface area contributed by atoms with Crippen LogP contribution in [0.15, 0.2) is 126 Å². The van der Waals surface area contributed by atoms with Crippen LogP contribution in [-0.4, -0.2) is 62.0 Å². The predicted molar refractivity (Wildman–Crippen MR) is 213 cm³/mol. The van der Waals surface area contributed by atoms with Crippen molar-refractivity contribution in [3.8, 4) is 5.75 Å². The quantitative estimate of drug-likeness (QED) is 0.0817. The van der Waals surface area contributed by atoms with Crippen LogP contribution in [0.3, 0.4) is 0 Å². The molecule has 0 aromatic heterocycles. The molecule has 2 N–H and O–H groups in total. The minimum atomic E-state index is -2.95. The zero-order valence-electron chi connectivity index (χ0n) is 30.9. The summed E-state index contributed by atoms with van der Waals surface area (Å²) in [5.74, 6) is -1.55. The van der Waals surface area contributed by atoms with Crippen LogP contribution in [0, 0.1) is 17.8 Å². The molecule has 4 atom stereocenters. The molecule has 4 aromatic carbocycles. The van der Waals surface area contributed by atoms with Crippen LogP contribution in [0.25, 0.3) is 11.6 Å². The molecule has 2 aliphatic heterocycles. The molecule has 0 spiro atoms. The van der Waals surface area contributed by atoms with Crippen molar-refractivity contribution in [2.75, 3.05) is 13.7 Å². The third-order valence-electron chi connectivity index (χ3n) is 11.4. The fourth-order valence-corrected chi connectivity index (χ4v) is 13.6. The van der Waals surface area contributed by atoms with Gasteiger partial charge in [0.25, 0.3) is 8.32 Å². The molecule has 9 heteroatoms. The van der Waals surface area contributed by atoms with Gasteiger partial charge < -0.3 is 19.2 Å². The maximum absolute atomic E-state index is 13.7. The van der Waals surface area contributed by atoms with Crippen molar-refractivity contribution in [1.82, 2.24) is 4.90 Å². The fourth-order valence-electron chi connectivity index (χ4n) is 9.07. The van der Waals surface area contributed by atoms with E-state index in [1.165, 1.54) is 4.90 Å². The van der Waals surface area contributed by atoms with Gasteiger partial charge in [-0.05, 0) is 86.9 Å². The molecular weight excluding hydrogens is 677 g/mol. The third-order valence-corrected chi connectivity index (χ3v) is 16.4. The summed E-state index contributed by atoms with van der Waals surface area (Å²) in [4.78, 5) is 28.6. The van der Waals surface area contributed by atoms with E-state index < -0.39 is 33.4 Å². The number of benzene rings is 4. The third kappa shape index (κ3) is 7.11. The Bertz CT molecular complexity index is 1970. The van der Waals surface area contributed by atoms with Gasteiger partial charge in [-0.1, -0.05) is 130 Å². The molecule has 7 nitrogen and oxygen atoms in total. The molecule has 2 saturated heterocycles. The average Bonchev–Trinajstić information content (AvgIpc) is 3.37. The lowest BCUT2D eigenvalue weighted by Gasteiger charge is -2.46. The summed E-state index contributed by atoms with van der Waals surface area (Å²) in [6.45, 7) is 7.03. The van der Waals surface area contributed by atoms with Crippen molar-refractivity contribution < 1.29 is 28.8 Å². The second kappa shape index (κ2) is 15.1. The minimum Gasteiger partial charge on any atom is -0.508 e. The Morgan fingerprint density at radius 2 is 1.51 bits per heavy atom. The van der Waals surface area contributed by atoms with Gasteiger partial charge in [-0.25, -0.2) is 0 Å². The Morgan fingerprint density at radius 3 is 2.11 bits per heavy atom. The lowest BCUT2D eigenvalue weighted by atomic mass is 9.58. The number of hydrogen-bond acceptors (Lipinski definition) is 6. The van der Waals surface area contributed by atoms with Crippen molar-refractivity contribution in [2.24, 2.45) is 17.8 Å². The average molecular weight is 726 g/mol. The maximum atomic E-state index is 13.7. The van der Waals surface area contributed by atoms with E-state index in [1.54, 1.807) is 19.2 Å². The number of aromatic hydroxyl groups is 1. The lowest BCUT2D eigenvalue weighted by molar-refractivity contribution is -0.138. The summed E-state index contributed by atoms with van der Waals surface area (Å²) in [5, 5.41) is 23.5. The SMILES string of the molecule is CN1C(=O)[C@@H]2[C@@H](CC(CO[Si](c3ccccc3)(c3ccccc3)C(C)(C)C)=C3[C@@H](CC/C(=C/c4cccc(O)c4)c4ccccc4)OB(O)C[C@@H]32)C1=O. The van der Waals surface area contributed by atoms with Gasteiger partial charge in [0.15, 0.2) is 0 Å². The first-order valence-electron chi connectivity index (χ1n) is 18.6. The molecule has 7 rings (SSSR count). The van der Waals surface area contributed by atoms with Crippen molar-refractivity contribution in [2.45, 2.75) is 57.5 Å². The Morgan fingerprint density at radius 1 is 0.887 bits per heavy atom. The van der Waals surface area contributed by atoms with Crippen LogP contribution < -0.4 is 10.4 Å². The van der Waals surface area contributed by atoms with Crippen LogP contribution >= 0.6 is 0 Å². The lowest BCUT2D eigenvalue weighted by Crippen LogP contribution is -2.66. The first-order valence-corrected chi connectivity index (χ1v) is 20.6. The first-order chi connectivity index (χ1) is 25.5. The highest BCUT2D eigenvalue weighted by Crippen LogP contribution is 2.51. The topological polar surface area (TPSA) is 96.3 Å². The van der Waals surface area contributed by atoms with Gasteiger partial charge in [-0.3, -0.25) is 14.5 Å². The van der Waals surface area contributed by atoms with Crippen molar-refractivity contribution in [1.29, 1.82) is 0 Å². The second-order valence-electron chi connectivity index (χ2n) is 15.7. The Kier molecular flexibility index (Phi) is 10.5. The van der Waals surface area contributed by atoms with Gasteiger partial charge in [0.2, 0.25) is 11.8 Å². The van der Waals surface area contributed by atoms with E-state index in [0.717, 1.165) is 38.2 Å². The van der Waals surface area contributed by atoms with Gasteiger partial charge in [0, 0.05) is 7.05 Å². The smallest absolute Gasteiger partial charge is 0.455 e. The Labute approximate surface area is 314 Å². The molecule has 272 valence electrons. The van der Waals surface area contributed by atoms with E-state index in [-0.39, 0.29) is 41.4 Å². The van der Waals surface area contributed by atoms with Crippen molar-refractivity contribution >= 4 is 49.3 Å². The van der Waals surface area contributed by atoms with Gasteiger partial charge in [0.1, 0.15) is 5.75 Å². The largest absolute Gasteiger partial charge is 0.508 e. The second-order valence-corrected chi connectivity index (χ2v) is 20.0. The Balaban J connectivity index is 1.31. The first kappa shape index (κ1) is 36.8. The van der Waals surface area contributed by atoms with E-state index in [1.807, 2.05) is 42.5 Å². The molecule has 0 bridgehead atoms. The van der Waals surface area contributed by atoms with Gasteiger partial charge in [0.05, 0.1) is 24.5 Å². The number of imide groups is 1. The highest BCUT2D eigenvalue weighted by molar-refractivity contribution is 6.99. The molecule has 3 aliphatic rings. The molecule has 2 fully saturated rings. The van der Waals surface area contributed by atoms with Crippen LogP contribution in [0.5, 0.6) is 5.75 Å². The van der Waals surface area contributed by atoms with Gasteiger partial charge >= 0.3 is 7.12 Å². The number of rotatable bonds is 10. The van der Waals surface area contributed by atoms with Crippen molar-refractivity contribution in [3.63, 3.8) is 0 Å². The minimum absolute atomic E-state index is 0.167. The number of carbonyl (C=O) groups excluding carboxylic acids is 2. The number of hydrogen-bond donors (Lipinski definition) is 2. The molecule has 4 aromatic rings. The molecule has 2 heterocycles. The maximum Gasteiger partial charge on any atom is 0.455 e. The number of carbonyl (C=O) groups is 2. The van der Waals surface area contributed by atoms with Crippen LogP contribution in [-0.2, 0) is 18.7 Å². The number of phenolic OH excluding ortho intramolecular Hbond substituents is 1. The summed E-state index contributed by atoms with van der Waals surface area (Å²) in [6.07, 6.45) is 3.39. The highest BCUT2D eigenvalue weighted by Gasteiger charge is 2.57. The summed E-state index contributed by atoms with van der Waals surface area (Å²) >= 11 is 0. The summed E-state index contributed by atoms with van der Waals surface area (Å²) in [5.41, 5.74) is 4.98. The van der Waals surface area contributed by atoms with Crippen LogP contribution in [0.4, 0.5) is 0 Å². The van der Waals surface area contributed by atoms with E-state index in [9.17, 15) is 19.7 Å². The zero-order chi connectivity index (χ0) is 37.3. The van der Waals surface area contributed by atoms with E-state index in [4.69, 9.17) is 9.08 Å².